The molecule has 0 N–H and O–H groups in total. The molecule has 0 atom stereocenters. The minimum atomic E-state index is 0.374. The van der Waals surface area contributed by atoms with E-state index in [1.54, 1.807) is 0 Å². The Morgan fingerprint density at radius 2 is 1.74 bits per heavy atom. The highest BCUT2D eigenvalue weighted by atomic mass is 16.5. The van der Waals surface area contributed by atoms with Crippen LogP contribution in [0, 0.1) is 0 Å². The van der Waals surface area contributed by atoms with Gasteiger partial charge in [0.25, 0.3) is 0 Å². The van der Waals surface area contributed by atoms with Crippen molar-refractivity contribution in [2.45, 2.75) is 19.8 Å². The number of para-hydroxylation sites is 2. The van der Waals surface area contributed by atoms with Gasteiger partial charge in [0.2, 0.25) is 0 Å². The first-order valence-corrected chi connectivity index (χ1v) is 6.88. The molecule has 0 spiro atoms. The summed E-state index contributed by atoms with van der Waals surface area (Å²) >= 11 is 0. The Kier molecular flexibility index (Phi) is 5.21. The monoisotopic (exact) mass is 263 g/mol. The molecule has 104 valence electrons. The average Bonchev–Trinajstić information content (AvgIpc) is 2.43. The van der Waals surface area contributed by atoms with Crippen LogP contribution in [0.2, 0.25) is 0 Å². The Morgan fingerprint density at radius 3 is 2.37 bits per heavy atom. The van der Waals surface area contributed by atoms with Crippen molar-refractivity contribution >= 4 is 5.78 Å². The molecule has 2 rings (SSSR count). The van der Waals surface area contributed by atoms with Crippen molar-refractivity contribution in [3.05, 3.63) is 24.3 Å². The van der Waals surface area contributed by atoms with E-state index in [4.69, 9.17) is 9.47 Å². The fourth-order valence-electron chi connectivity index (χ4n) is 2.15. The van der Waals surface area contributed by atoms with Crippen LogP contribution < -0.4 is 9.47 Å². The summed E-state index contributed by atoms with van der Waals surface area (Å²) in [7, 11) is 0. The first-order chi connectivity index (χ1) is 9.29. The number of ketones is 1. The highest BCUT2D eigenvalue weighted by Crippen LogP contribution is 2.26. The quantitative estimate of drug-likeness (QED) is 0.788. The third-order valence-electron chi connectivity index (χ3n) is 3.23. The second-order valence-electron chi connectivity index (χ2n) is 4.61. The predicted octanol–water partition coefficient (Wildman–Crippen LogP) is 2.13. The topological polar surface area (TPSA) is 38.8 Å². The lowest BCUT2D eigenvalue weighted by Gasteiger charge is -2.25. The number of nitrogens with zero attached hydrogens (tertiary/aromatic N) is 1. The van der Waals surface area contributed by atoms with Crippen molar-refractivity contribution in [3.8, 4) is 11.5 Å². The van der Waals surface area contributed by atoms with E-state index in [-0.39, 0.29) is 0 Å². The summed E-state index contributed by atoms with van der Waals surface area (Å²) in [6.45, 7) is 5.78. The number of hydrogen-bond donors (Lipinski definition) is 0. The number of benzene rings is 1. The van der Waals surface area contributed by atoms with Crippen LogP contribution in [-0.2, 0) is 4.79 Å². The van der Waals surface area contributed by atoms with Gasteiger partial charge in [0, 0.05) is 32.5 Å². The van der Waals surface area contributed by atoms with Gasteiger partial charge in [0.1, 0.15) is 12.4 Å². The summed E-state index contributed by atoms with van der Waals surface area (Å²) in [5, 5.41) is 0. The number of hydrogen-bond acceptors (Lipinski definition) is 4. The van der Waals surface area contributed by atoms with Crippen LogP contribution in [0.1, 0.15) is 19.8 Å². The minimum absolute atomic E-state index is 0.374. The van der Waals surface area contributed by atoms with Gasteiger partial charge in [0.15, 0.2) is 11.5 Å². The van der Waals surface area contributed by atoms with Crippen molar-refractivity contribution in [3.63, 3.8) is 0 Å². The van der Waals surface area contributed by atoms with Crippen LogP contribution in [0.25, 0.3) is 0 Å². The molecule has 4 nitrogen and oxygen atoms in total. The Labute approximate surface area is 114 Å². The zero-order chi connectivity index (χ0) is 13.5. The Balaban J connectivity index is 1.77. The Hall–Kier alpha value is -1.55. The van der Waals surface area contributed by atoms with Crippen molar-refractivity contribution in [1.29, 1.82) is 0 Å². The van der Waals surface area contributed by atoms with Crippen LogP contribution in [-0.4, -0.2) is 43.5 Å². The zero-order valence-corrected chi connectivity index (χ0v) is 11.4. The van der Waals surface area contributed by atoms with Crippen molar-refractivity contribution < 1.29 is 14.3 Å². The van der Waals surface area contributed by atoms with E-state index in [0.717, 1.165) is 31.1 Å². The number of ether oxygens (including phenoxy) is 2. The van der Waals surface area contributed by atoms with Gasteiger partial charge >= 0.3 is 0 Å². The lowest BCUT2D eigenvalue weighted by Crippen LogP contribution is -2.36. The van der Waals surface area contributed by atoms with Crippen molar-refractivity contribution in [1.82, 2.24) is 4.90 Å². The molecule has 4 heteroatoms. The number of piperidine rings is 1. The average molecular weight is 263 g/mol. The van der Waals surface area contributed by atoms with Gasteiger partial charge in [-0.2, -0.15) is 0 Å². The lowest BCUT2D eigenvalue weighted by molar-refractivity contribution is -0.121. The SMILES string of the molecule is CCOc1ccccc1OCCN1CCC(=O)CC1. The fraction of sp³-hybridized carbons (Fsp3) is 0.533. The van der Waals surface area contributed by atoms with E-state index in [9.17, 15) is 4.79 Å². The van der Waals surface area contributed by atoms with Gasteiger partial charge in [0.05, 0.1) is 6.61 Å². The number of rotatable bonds is 6. The number of Topliss-reactive ketones (excluding diaryl/α,β-unsaturated/α-hetero) is 1. The number of carbonyl (C=O) groups excluding carboxylic acids is 1. The first kappa shape index (κ1) is 13.9. The molecule has 0 amide bonds. The molecule has 1 saturated heterocycles. The summed E-state index contributed by atoms with van der Waals surface area (Å²) in [6.07, 6.45) is 1.35. The molecule has 1 aliphatic heterocycles. The maximum Gasteiger partial charge on any atom is 0.161 e. The molecule has 1 aromatic carbocycles. The van der Waals surface area contributed by atoms with Crippen LogP contribution >= 0.6 is 0 Å². The lowest BCUT2D eigenvalue weighted by atomic mass is 10.1. The molecule has 0 saturated carbocycles. The van der Waals surface area contributed by atoms with Crippen LogP contribution in [0.4, 0.5) is 0 Å². The molecule has 0 aromatic heterocycles. The van der Waals surface area contributed by atoms with Crippen LogP contribution in [0.3, 0.4) is 0 Å². The summed E-state index contributed by atoms with van der Waals surface area (Å²) in [5.41, 5.74) is 0. The summed E-state index contributed by atoms with van der Waals surface area (Å²) < 4.78 is 11.3. The van der Waals surface area contributed by atoms with E-state index in [1.165, 1.54) is 0 Å². The molecule has 1 fully saturated rings. The largest absolute Gasteiger partial charge is 0.490 e. The fourth-order valence-corrected chi connectivity index (χ4v) is 2.15. The van der Waals surface area contributed by atoms with Gasteiger partial charge in [-0.1, -0.05) is 12.1 Å². The van der Waals surface area contributed by atoms with Crippen molar-refractivity contribution in [2.75, 3.05) is 32.8 Å². The molecule has 19 heavy (non-hydrogen) atoms. The molecule has 0 bridgehead atoms. The van der Waals surface area contributed by atoms with E-state index in [1.807, 2.05) is 31.2 Å². The smallest absolute Gasteiger partial charge is 0.161 e. The highest BCUT2D eigenvalue weighted by molar-refractivity contribution is 5.79. The number of carbonyl (C=O) groups is 1. The third kappa shape index (κ3) is 4.24. The Morgan fingerprint density at radius 1 is 1.11 bits per heavy atom. The molecular formula is C15H21NO3. The highest BCUT2D eigenvalue weighted by Gasteiger charge is 2.15. The zero-order valence-electron chi connectivity index (χ0n) is 11.4. The maximum atomic E-state index is 11.1. The molecule has 1 aromatic rings. The van der Waals surface area contributed by atoms with Crippen LogP contribution in [0.15, 0.2) is 24.3 Å². The summed E-state index contributed by atoms with van der Waals surface area (Å²) in [6, 6.07) is 7.72. The first-order valence-electron chi connectivity index (χ1n) is 6.88. The van der Waals surface area contributed by atoms with Gasteiger partial charge in [-0.15, -0.1) is 0 Å². The molecule has 0 unspecified atom stereocenters. The van der Waals surface area contributed by atoms with E-state index < -0.39 is 0 Å². The van der Waals surface area contributed by atoms with Gasteiger partial charge in [-0.3, -0.25) is 9.69 Å². The number of likely N-dealkylation sites (tertiary alicyclic amines) is 1. The minimum Gasteiger partial charge on any atom is -0.490 e. The summed E-state index contributed by atoms with van der Waals surface area (Å²) in [4.78, 5) is 13.4. The molecular weight excluding hydrogens is 242 g/mol. The van der Waals surface area contributed by atoms with E-state index in [0.29, 0.717) is 31.8 Å². The standard InChI is InChI=1S/C15H21NO3/c1-2-18-14-5-3-4-6-15(14)19-12-11-16-9-7-13(17)8-10-16/h3-6H,2,7-12H2,1H3. The Bertz CT molecular complexity index is 410. The molecule has 1 aliphatic rings. The second-order valence-corrected chi connectivity index (χ2v) is 4.61. The third-order valence-corrected chi connectivity index (χ3v) is 3.23. The van der Waals surface area contributed by atoms with E-state index in [2.05, 4.69) is 4.90 Å². The predicted molar refractivity (Wildman–Crippen MR) is 73.8 cm³/mol. The second kappa shape index (κ2) is 7.14. The molecule has 0 radical (unpaired) electrons. The van der Waals surface area contributed by atoms with Gasteiger partial charge in [-0.05, 0) is 19.1 Å². The van der Waals surface area contributed by atoms with Gasteiger partial charge < -0.3 is 9.47 Å². The van der Waals surface area contributed by atoms with Gasteiger partial charge in [-0.25, -0.2) is 0 Å². The summed E-state index contributed by atoms with van der Waals surface area (Å²) in [5.74, 6) is 1.95. The molecule has 1 heterocycles. The van der Waals surface area contributed by atoms with E-state index >= 15 is 0 Å². The maximum absolute atomic E-state index is 11.1. The molecule has 0 aliphatic carbocycles. The normalized spacial score (nSPS) is 16.4. The van der Waals surface area contributed by atoms with Crippen molar-refractivity contribution in [2.24, 2.45) is 0 Å². The van der Waals surface area contributed by atoms with Crippen LogP contribution in [0.5, 0.6) is 11.5 Å².